The molecule has 216 valence electrons. The zero-order chi connectivity index (χ0) is 30.2. The molecule has 1 saturated heterocycles. The number of nitrogen functional groups attached to an aromatic ring is 1. The molecule has 1 fully saturated rings. The number of hydrogen-bond donors (Lipinski definition) is 4. The minimum Gasteiger partial charge on any atom is -0.396 e. The summed E-state index contributed by atoms with van der Waals surface area (Å²) in [5, 5.41) is 10.6. The van der Waals surface area contributed by atoms with Crippen molar-refractivity contribution >= 4 is 23.0 Å². The molecule has 12 heteroatoms. The number of benzene rings is 2. The van der Waals surface area contributed by atoms with Crippen molar-refractivity contribution in [2.75, 3.05) is 51.3 Å². The Hall–Kier alpha value is -4.31. The number of nitrogens with one attached hydrogen (secondary N) is 2. The van der Waals surface area contributed by atoms with Gasteiger partial charge in [0.15, 0.2) is 0 Å². The molecule has 0 spiro atoms. The summed E-state index contributed by atoms with van der Waals surface area (Å²) in [6.07, 6.45) is -1.97. The number of aromatic nitrogens is 1. The van der Waals surface area contributed by atoms with Crippen LogP contribution in [0.1, 0.15) is 32.6 Å². The molecule has 1 aromatic heterocycles. The Morgan fingerprint density at radius 2 is 1.80 bits per heavy atom. The number of hydrogen-bond acceptors (Lipinski definition) is 7. The Kier molecular flexibility index (Phi) is 10.5. The molecule has 2 aromatic carbocycles. The van der Waals surface area contributed by atoms with E-state index in [4.69, 9.17) is 11.1 Å². The van der Waals surface area contributed by atoms with Crippen LogP contribution >= 0.6 is 0 Å². The number of halogens is 4. The second kappa shape index (κ2) is 13.8. The van der Waals surface area contributed by atoms with Crippen molar-refractivity contribution in [3.05, 3.63) is 88.5 Å². The molecule has 0 aliphatic carbocycles. The van der Waals surface area contributed by atoms with Gasteiger partial charge in [0.05, 0.1) is 16.8 Å². The predicted octanol–water partition coefficient (Wildman–Crippen LogP) is 3.82. The van der Waals surface area contributed by atoms with Gasteiger partial charge in [0, 0.05) is 61.9 Å². The third kappa shape index (κ3) is 8.34. The predicted molar refractivity (Wildman–Crippen MR) is 151 cm³/mol. The molecular weight excluding hydrogens is 538 g/mol. The molecule has 6 N–H and O–H groups in total. The molecular formula is C29H31F4N7O. The highest BCUT2D eigenvalue weighted by atomic mass is 19.4. The highest BCUT2D eigenvalue weighted by molar-refractivity contribution is 6.14. The fraction of sp³-hybridized carbons (Fsp3) is 0.276. The molecule has 3 aromatic rings. The van der Waals surface area contributed by atoms with E-state index in [0.29, 0.717) is 13.1 Å². The Bertz CT molecular complexity index is 1460. The summed E-state index contributed by atoms with van der Waals surface area (Å²) in [5.74, 6) is 3.89. The Morgan fingerprint density at radius 3 is 2.49 bits per heavy atom. The van der Waals surface area contributed by atoms with Gasteiger partial charge in [-0.25, -0.2) is 4.39 Å². The second-order valence-corrected chi connectivity index (χ2v) is 9.19. The van der Waals surface area contributed by atoms with Crippen molar-refractivity contribution in [2.45, 2.75) is 12.7 Å². The molecule has 0 unspecified atom stereocenters. The average molecular weight is 570 g/mol. The van der Waals surface area contributed by atoms with E-state index in [0.717, 1.165) is 19.2 Å². The highest BCUT2D eigenvalue weighted by Gasteiger charge is 2.34. The van der Waals surface area contributed by atoms with E-state index in [1.54, 1.807) is 0 Å². The first kappa shape index (κ1) is 31.2. The molecule has 1 aliphatic heterocycles. The summed E-state index contributed by atoms with van der Waals surface area (Å²) < 4.78 is 55.3. The van der Waals surface area contributed by atoms with E-state index < -0.39 is 23.5 Å². The monoisotopic (exact) mass is 569 g/mol. The van der Waals surface area contributed by atoms with Crippen LogP contribution in [0.3, 0.4) is 0 Å². The van der Waals surface area contributed by atoms with Crippen LogP contribution in [0.5, 0.6) is 0 Å². The Balaban J connectivity index is 0.00000226. The lowest BCUT2D eigenvalue weighted by Gasteiger charge is -2.33. The SMILES string of the molecule is CN.CN1CCN(Cc2ccc(NC(=O)c3cncc(C#CC(=N)c4cccc(F)c4N)c3)cc2C(F)(F)F)CC1. The van der Waals surface area contributed by atoms with Crippen LogP contribution in [0.2, 0.25) is 0 Å². The number of carbonyl (C=O) groups excluding carboxylic acids is 1. The maximum absolute atomic E-state index is 13.9. The molecule has 4 rings (SSSR count). The van der Waals surface area contributed by atoms with E-state index in [1.807, 2.05) is 11.9 Å². The molecule has 0 atom stereocenters. The number of anilines is 2. The van der Waals surface area contributed by atoms with E-state index >= 15 is 0 Å². The lowest BCUT2D eigenvalue weighted by molar-refractivity contribution is -0.138. The largest absolute Gasteiger partial charge is 0.416 e. The number of likely N-dealkylation sites (N-methyl/N-ethyl adjacent to an activating group) is 1. The van der Waals surface area contributed by atoms with Gasteiger partial charge in [-0.05, 0) is 55.9 Å². The van der Waals surface area contributed by atoms with Crippen molar-refractivity contribution < 1.29 is 22.4 Å². The van der Waals surface area contributed by atoms with E-state index in [2.05, 4.69) is 32.8 Å². The van der Waals surface area contributed by atoms with Gasteiger partial charge in [-0.15, -0.1) is 0 Å². The summed E-state index contributed by atoms with van der Waals surface area (Å²) in [4.78, 5) is 20.9. The molecule has 1 amide bonds. The minimum atomic E-state index is -4.59. The van der Waals surface area contributed by atoms with Crippen LogP contribution in [-0.2, 0) is 12.7 Å². The third-order valence-corrected chi connectivity index (χ3v) is 6.32. The maximum atomic E-state index is 13.9. The number of nitrogens with zero attached hydrogens (tertiary/aromatic N) is 3. The van der Waals surface area contributed by atoms with Crippen molar-refractivity contribution in [3.63, 3.8) is 0 Å². The van der Waals surface area contributed by atoms with Gasteiger partial charge >= 0.3 is 6.18 Å². The van der Waals surface area contributed by atoms with Crippen LogP contribution in [0, 0.1) is 23.1 Å². The summed E-state index contributed by atoms with van der Waals surface area (Å²) in [6.45, 7) is 3.08. The van der Waals surface area contributed by atoms with E-state index in [-0.39, 0.29) is 45.9 Å². The van der Waals surface area contributed by atoms with Crippen molar-refractivity contribution in [1.82, 2.24) is 14.8 Å². The van der Waals surface area contributed by atoms with Crippen LogP contribution in [-0.4, -0.2) is 66.7 Å². The normalized spacial score (nSPS) is 13.8. The van der Waals surface area contributed by atoms with E-state index in [9.17, 15) is 22.4 Å². The van der Waals surface area contributed by atoms with Crippen molar-refractivity contribution in [2.24, 2.45) is 5.73 Å². The number of nitrogens with two attached hydrogens (primary N) is 2. The summed E-state index contributed by atoms with van der Waals surface area (Å²) >= 11 is 0. The fourth-order valence-electron chi connectivity index (χ4n) is 4.10. The quantitative estimate of drug-likeness (QED) is 0.160. The smallest absolute Gasteiger partial charge is 0.396 e. The van der Waals surface area contributed by atoms with Gasteiger partial charge in [0.1, 0.15) is 11.5 Å². The summed E-state index contributed by atoms with van der Waals surface area (Å²) in [6, 6.07) is 9.20. The Labute approximate surface area is 235 Å². The molecule has 8 nitrogen and oxygen atoms in total. The molecule has 0 saturated carbocycles. The standard InChI is InChI=1S/C28H26F4N6O.CH5N/c1-37-9-11-38(12-10-37)17-19-6-7-21(14-23(19)28(30,31)32)36-27(39)20-13-18(15-35-16-20)5-8-25(33)22-3-2-4-24(29)26(22)34;1-2/h2-4,6-7,13-16,33H,9-12,17,34H2,1H3,(H,36,39);2H2,1H3. The number of amides is 1. The van der Waals surface area contributed by atoms with Crippen LogP contribution < -0.4 is 16.8 Å². The Morgan fingerprint density at radius 1 is 1.10 bits per heavy atom. The van der Waals surface area contributed by atoms with Gasteiger partial charge < -0.3 is 21.7 Å². The lowest BCUT2D eigenvalue weighted by atomic mass is 10.0. The first-order valence-electron chi connectivity index (χ1n) is 12.6. The van der Waals surface area contributed by atoms with Crippen LogP contribution in [0.25, 0.3) is 0 Å². The molecule has 1 aliphatic rings. The van der Waals surface area contributed by atoms with Gasteiger partial charge in [-0.2, -0.15) is 13.2 Å². The van der Waals surface area contributed by atoms with Crippen LogP contribution in [0.4, 0.5) is 28.9 Å². The summed E-state index contributed by atoms with van der Waals surface area (Å²) in [5.41, 5.74) is 9.55. The van der Waals surface area contributed by atoms with Gasteiger partial charge in [-0.1, -0.05) is 18.1 Å². The van der Waals surface area contributed by atoms with Gasteiger partial charge in [0.2, 0.25) is 0 Å². The molecule has 2 heterocycles. The number of para-hydroxylation sites is 1. The minimum absolute atomic E-state index is 0.00528. The highest BCUT2D eigenvalue weighted by Crippen LogP contribution is 2.34. The number of carbonyl (C=O) groups is 1. The van der Waals surface area contributed by atoms with Crippen LogP contribution in [0.15, 0.2) is 54.9 Å². The number of rotatable bonds is 5. The molecule has 0 radical (unpaired) electrons. The second-order valence-electron chi connectivity index (χ2n) is 9.19. The number of pyridine rings is 1. The summed E-state index contributed by atoms with van der Waals surface area (Å²) in [7, 11) is 3.47. The van der Waals surface area contributed by atoms with Gasteiger partial charge in [-0.3, -0.25) is 20.1 Å². The van der Waals surface area contributed by atoms with E-state index in [1.165, 1.54) is 55.8 Å². The maximum Gasteiger partial charge on any atom is 0.416 e. The van der Waals surface area contributed by atoms with Gasteiger partial charge in [0.25, 0.3) is 5.91 Å². The number of piperazine rings is 1. The first-order chi connectivity index (χ1) is 19.5. The van der Waals surface area contributed by atoms with Crippen molar-refractivity contribution in [1.29, 1.82) is 5.41 Å². The van der Waals surface area contributed by atoms with Crippen molar-refractivity contribution in [3.8, 4) is 11.8 Å². The first-order valence-corrected chi connectivity index (χ1v) is 12.6. The zero-order valence-corrected chi connectivity index (χ0v) is 22.6. The fourth-order valence-corrected chi connectivity index (χ4v) is 4.10. The molecule has 0 bridgehead atoms. The third-order valence-electron chi connectivity index (χ3n) is 6.32. The zero-order valence-electron chi connectivity index (χ0n) is 22.6. The lowest BCUT2D eigenvalue weighted by Crippen LogP contribution is -2.44. The number of alkyl halides is 3. The topological polar surface area (TPSA) is 124 Å². The average Bonchev–Trinajstić information content (AvgIpc) is 2.96. The molecule has 41 heavy (non-hydrogen) atoms.